The Morgan fingerprint density at radius 1 is 1.36 bits per heavy atom. The molecule has 0 bridgehead atoms. The van der Waals surface area contributed by atoms with Crippen LogP contribution in [0.25, 0.3) is 0 Å². The fourth-order valence-electron chi connectivity index (χ4n) is 3.00. The van der Waals surface area contributed by atoms with Crippen LogP contribution in [0, 0.1) is 11.3 Å². The van der Waals surface area contributed by atoms with Crippen LogP contribution in [0.2, 0.25) is 5.02 Å². The van der Waals surface area contributed by atoms with Crippen LogP contribution < -0.4 is 4.90 Å². The van der Waals surface area contributed by atoms with Crippen molar-refractivity contribution in [3.05, 3.63) is 39.3 Å². The zero-order valence-electron chi connectivity index (χ0n) is 12.1. The quantitative estimate of drug-likeness (QED) is 0.800. The van der Waals surface area contributed by atoms with Gasteiger partial charge in [0, 0.05) is 35.6 Å². The van der Waals surface area contributed by atoms with Gasteiger partial charge in [0.05, 0.1) is 11.3 Å². The van der Waals surface area contributed by atoms with Gasteiger partial charge in [0.15, 0.2) is 0 Å². The van der Waals surface area contributed by atoms with Crippen LogP contribution in [0.15, 0.2) is 22.9 Å². The highest BCUT2D eigenvalue weighted by Gasteiger charge is 2.26. The fourth-order valence-corrected chi connectivity index (χ4v) is 4.06. The third-order valence-corrected chi connectivity index (χ3v) is 4.89. The summed E-state index contributed by atoms with van der Waals surface area (Å²) in [4.78, 5) is 2.24. The maximum atomic E-state index is 9.36. The Kier molecular flexibility index (Phi) is 4.37. The largest absolute Gasteiger partial charge is 0.370 e. The molecule has 2 heterocycles. The summed E-state index contributed by atoms with van der Waals surface area (Å²) in [5, 5.41) is 18.1. The molecule has 7 heteroatoms. The van der Waals surface area contributed by atoms with Crippen molar-refractivity contribution in [1.29, 1.82) is 5.26 Å². The Bertz CT molecular complexity index is 728. The molecule has 0 amide bonds. The summed E-state index contributed by atoms with van der Waals surface area (Å²) in [5.74, 6) is 1.45. The number of nitrogens with zero attached hydrogens (tertiary/aromatic N) is 5. The zero-order chi connectivity index (χ0) is 15.7. The molecule has 3 rings (SSSR count). The topological polar surface area (TPSA) is 57.7 Å². The Morgan fingerprint density at radius 3 is 2.68 bits per heavy atom. The summed E-state index contributed by atoms with van der Waals surface area (Å²) in [6.07, 6.45) is 3.73. The van der Waals surface area contributed by atoms with E-state index < -0.39 is 0 Å². The minimum atomic E-state index is 0.417. The van der Waals surface area contributed by atoms with E-state index >= 15 is 0 Å². The first-order valence-corrected chi connectivity index (χ1v) is 8.25. The normalized spacial score (nSPS) is 15.8. The van der Waals surface area contributed by atoms with Gasteiger partial charge in [-0.2, -0.15) is 5.26 Å². The van der Waals surface area contributed by atoms with E-state index in [0.717, 1.165) is 41.9 Å². The van der Waals surface area contributed by atoms with Gasteiger partial charge < -0.3 is 9.47 Å². The third-order valence-electron chi connectivity index (χ3n) is 4.07. The molecule has 0 radical (unpaired) electrons. The predicted octanol–water partition coefficient (Wildman–Crippen LogP) is 3.49. The van der Waals surface area contributed by atoms with Crippen molar-refractivity contribution in [2.24, 2.45) is 7.05 Å². The van der Waals surface area contributed by atoms with Crippen molar-refractivity contribution in [2.75, 3.05) is 18.0 Å². The molecule has 5 nitrogen and oxygen atoms in total. The van der Waals surface area contributed by atoms with E-state index in [0.29, 0.717) is 16.5 Å². The van der Waals surface area contributed by atoms with Crippen LogP contribution >= 0.6 is 27.5 Å². The molecule has 1 fully saturated rings. The second-order valence-corrected chi connectivity index (χ2v) is 6.75. The molecule has 0 saturated carbocycles. The monoisotopic (exact) mass is 379 g/mol. The molecule has 1 aliphatic rings. The van der Waals surface area contributed by atoms with Crippen LogP contribution in [0.3, 0.4) is 0 Å². The maximum absolute atomic E-state index is 9.36. The van der Waals surface area contributed by atoms with E-state index in [9.17, 15) is 5.26 Å². The number of halogens is 2. The number of nitriles is 1. The number of benzene rings is 1. The standard InChI is InChI=1S/C15H15BrClN5/c1-21-9-19-20-15(21)10-2-4-22(5-3-10)14-11(8-18)6-12(17)7-13(14)16/h6-7,9-10H,2-5H2,1H3. The first-order valence-electron chi connectivity index (χ1n) is 7.08. The second kappa shape index (κ2) is 6.27. The van der Waals surface area contributed by atoms with E-state index in [-0.39, 0.29) is 0 Å². The van der Waals surface area contributed by atoms with E-state index in [1.54, 1.807) is 12.4 Å². The number of rotatable bonds is 2. The highest BCUT2D eigenvalue weighted by molar-refractivity contribution is 9.10. The highest BCUT2D eigenvalue weighted by atomic mass is 79.9. The first kappa shape index (κ1) is 15.3. The van der Waals surface area contributed by atoms with Crippen molar-refractivity contribution < 1.29 is 0 Å². The van der Waals surface area contributed by atoms with E-state index in [1.807, 2.05) is 17.7 Å². The Balaban J connectivity index is 1.80. The number of hydrogen-bond donors (Lipinski definition) is 0. The van der Waals surface area contributed by atoms with Crippen molar-refractivity contribution in [3.8, 4) is 6.07 Å². The number of piperidine rings is 1. The van der Waals surface area contributed by atoms with Crippen LogP contribution in [0.1, 0.15) is 30.1 Å². The molecular weight excluding hydrogens is 366 g/mol. The van der Waals surface area contributed by atoms with Crippen molar-refractivity contribution in [2.45, 2.75) is 18.8 Å². The first-order chi connectivity index (χ1) is 10.6. The summed E-state index contributed by atoms with van der Waals surface area (Å²) >= 11 is 9.57. The van der Waals surface area contributed by atoms with E-state index in [2.05, 4.69) is 37.1 Å². The average molecular weight is 381 g/mol. The maximum Gasteiger partial charge on any atom is 0.135 e. The molecule has 2 aromatic rings. The average Bonchev–Trinajstić information content (AvgIpc) is 2.93. The lowest BCUT2D eigenvalue weighted by atomic mass is 9.95. The predicted molar refractivity (Wildman–Crippen MR) is 89.1 cm³/mol. The molecular formula is C15H15BrClN5. The van der Waals surface area contributed by atoms with E-state index in [1.165, 1.54) is 0 Å². The second-order valence-electron chi connectivity index (χ2n) is 5.46. The third kappa shape index (κ3) is 2.83. The highest BCUT2D eigenvalue weighted by Crippen LogP contribution is 2.37. The Labute approximate surface area is 142 Å². The SMILES string of the molecule is Cn1cnnc1C1CCN(c2c(Br)cc(Cl)cc2C#N)CC1. The van der Waals surface area contributed by atoms with Gasteiger partial charge in [0.2, 0.25) is 0 Å². The molecule has 0 N–H and O–H groups in total. The van der Waals surface area contributed by atoms with Crippen LogP contribution in [-0.4, -0.2) is 27.9 Å². The number of aryl methyl sites for hydroxylation is 1. The lowest BCUT2D eigenvalue weighted by Gasteiger charge is -2.34. The number of anilines is 1. The van der Waals surface area contributed by atoms with Gasteiger partial charge in [0.1, 0.15) is 18.2 Å². The minimum Gasteiger partial charge on any atom is -0.370 e. The summed E-state index contributed by atoms with van der Waals surface area (Å²) in [6, 6.07) is 5.80. The number of aromatic nitrogens is 3. The van der Waals surface area contributed by atoms with E-state index in [4.69, 9.17) is 11.6 Å². The molecule has 0 aliphatic carbocycles. The van der Waals surface area contributed by atoms with Crippen LogP contribution in [0.5, 0.6) is 0 Å². The number of hydrogen-bond acceptors (Lipinski definition) is 4. The van der Waals surface area contributed by atoms with Gasteiger partial charge in [0.25, 0.3) is 0 Å². The van der Waals surface area contributed by atoms with Crippen molar-refractivity contribution >= 4 is 33.2 Å². The summed E-state index contributed by atoms with van der Waals surface area (Å²) in [7, 11) is 1.98. The van der Waals surface area contributed by atoms with Gasteiger partial charge in [-0.3, -0.25) is 0 Å². The van der Waals surface area contributed by atoms with Gasteiger partial charge in [-0.05, 0) is 40.9 Å². The Morgan fingerprint density at radius 2 is 2.09 bits per heavy atom. The van der Waals surface area contributed by atoms with Gasteiger partial charge >= 0.3 is 0 Å². The molecule has 1 aromatic heterocycles. The lowest BCUT2D eigenvalue weighted by Crippen LogP contribution is -2.34. The smallest absolute Gasteiger partial charge is 0.135 e. The molecule has 1 aromatic carbocycles. The van der Waals surface area contributed by atoms with Gasteiger partial charge in [-0.15, -0.1) is 10.2 Å². The van der Waals surface area contributed by atoms with Crippen molar-refractivity contribution in [1.82, 2.24) is 14.8 Å². The zero-order valence-corrected chi connectivity index (χ0v) is 14.5. The minimum absolute atomic E-state index is 0.417. The lowest BCUT2D eigenvalue weighted by molar-refractivity contribution is 0.474. The molecule has 1 aliphatic heterocycles. The molecule has 22 heavy (non-hydrogen) atoms. The molecule has 0 atom stereocenters. The molecule has 0 spiro atoms. The Hall–Kier alpha value is -1.58. The van der Waals surface area contributed by atoms with Gasteiger partial charge in [-0.1, -0.05) is 11.6 Å². The van der Waals surface area contributed by atoms with Crippen LogP contribution in [0.4, 0.5) is 5.69 Å². The summed E-state index contributed by atoms with van der Waals surface area (Å²) in [5.41, 5.74) is 1.54. The van der Waals surface area contributed by atoms with Crippen molar-refractivity contribution in [3.63, 3.8) is 0 Å². The molecule has 114 valence electrons. The summed E-state index contributed by atoms with van der Waals surface area (Å²) in [6.45, 7) is 1.76. The van der Waals surface area contributed by atoms with Gasteiger partial charge in [-0.25, -0.2) is 0 Å². The van der Waals surface area contributed by atoms with Crippen LogP contribution in [-0.2, 0) is 7.05 Å². The molecule has 1 saturated heterocycles. The fraction of sp³-hybridized carbons (Fsp3) is 0.400. The summed E-state index contributed by atoms with van der Waals surface area (Å²) < 4.78 is 2.85. The molecule has 0 unspecified atom stereocenters.